The van der Waals surface area contributed by atoms with Crippen LogP contribution in [-0.2, 0) is 5.54 Å². The molecule has 106 valence electrons. The van der Waals surface area contributed by atoms with E-state index in [0.717, 1.165) is 30.2 Å². The van der Waals surface area contributed by atoms with Gasteiger partial charge in [-0.15, -0.1) is 0 Å². The van der Waals surface area contributed by atoms with Crippen LogP contribution in [0.3, 0.4) is 0 Å². The van der Waals surface area contributed by atoms with Crippen LogP contribution in [0.1, 0.15) is 44.3 Å². The molecule has 1 aliphatic rings. The Hall–Kier alpha value is -1.27. The molecule has 0 aromatic carbocycles. The molecule has 3 rings (SSSR count). The second kappa shape index (κ2) is 5.61. The fourth-order valence-corrected chi connectivity index (χ4v) is 3.07. The van der Waals surface area contributed by atoms with E-state index in [0.29, 0.717) is 17.4 Å². The summed E-state index contributed by atoms with van der Waals surface area (Å²) in [7, 11) is 0. The van der Waals surface area contributed by atoms with Crippen LogP contribution in [0.15, 0.2) is 27.3 Å². The smallest absolute Gasteiger partial charge is 0.277 e. The van der Waals surface area contributed by atoms with Gasteiger partial charge in [-0.25, -0.2) is 4.98 Å². The first-order chi connectivity index (χ1) is 9.69. The molecule has 0 saturated heterocycles. The third-order valence-electron chi connectivity index (χ3n) is 3.83. The third kappa shape index (κ3) is 2.62. The maximum absolute atomic E-state index is 6.49. The average Bonchev–Trinajstić information content (AvgIpc) is 2.84. The second-order valence-electron chi connectivity index (χ2n) is 5.33. The summed E-state index contributed by atoms with van der Waals surface area (Å²) >= 11 is 3.44. The molecule has 2 N–H and O–H groups in total. The van der Waals surface area contributed by atoms with Gasteiger partial charge in [-0.05, 0) is 40.9 Å². The molecule has 0 aliphatic heterocycles. The maximum atomic E-state index is 6.49. The minimum Gasteiger partial charge on any atom is -0.332 e. The molecule has 1 fully saturated rings. The van der Waals surface area contributed by atoms with E-state index in [2.05, 4.69) is 31.1 Å². The molecule has 0 unspecified atom stereocenters. The summed E-state index contributed by atoms with van der Waals surface area (Å²) in [6.07, 6.45) is 8.23. The Labute approximate surface area is 126 Å². The Bertz CT molecular complexity index is 590. The predicted octanol–water partition coefficient (Wildman–Crippen LogP) is 3.40. The molecule has 2 aromatic heterocycles. The van der Waals surface area contributed by atoms with E-state index in [1.165, 1.54) is 12.8 Å². The molecule has 5 nitrogen and oxygen atoms in total. The first-order valence-corrected chi connectivity index (χ1v) is 7.72. The van der Waals surface area contributed by atoms with Crippen molar-refractivity contribution in [1.82, 2.24) is 15.1 Å². The summed E-state index contributed by atoms with van der Waals surface area (Å²) in [5, 5.41) is 4.10. The third-order valence-corrected chi connectivity index (χ3v) is 4.47. The van der Waals surface area contributed by atoms with Crippen molar-refractivity contribution in [2.24, 2.45) is 5.73 Å². The number of pyridine rings is 1. The Morgan fingerprint density at radius 2 is 1.95 bits per heavy atom. The van der Waals surface area contributed by atoms with Crippen molar-refractivity contribution >= 4 is 15.9 Å². The largest absolute Gasteiger partial charge is 0.332 e. The minimum absolute atomic E-state index is 0.418. The zero-order valence-corrected chi connectivity index (χ0v) is 12.8. The van der Waals surface area contributed by atoms with Gasteiger partial charge in [0.1, 0.15) is 5.69 Å². The quantitative estimate of drug-likeness (QED) is 0.850. The summed E-state index contributed by atoms with van der Waals surface area (Å²) in [6.45, 7) is 0. The van der Waals surface area contributed by atoms with Gasteiger partial charge >= 0.3 is 0 Å². The maximum Gasteiger partial charge on any atom is 0.277 e. The summed E-state index contributed by atoms with van der Waals surface area (Å²) in [5.74, 6) is 1.02. The molecule has 0 radical (unpaired) electrons. The number of hydrogen-bond acceptors (Lipinski definition) is 5. The van der Waals surface area contributed by atoms with Crippen molar-refractivity contribution < 1.29 is 4.52 Å². The van der Waals surface area contributed by atoms with Gasteiger partial charge in [0.2, 0.25) is 0 Å². The zero-order valence-electron chi connectivity index (χ0n) is 11.2. The molecule has 0 atom stereocenters. The van der Waals surface area contributed by atoms with E-state index < -0.39 is 5.54 Å². The van der Waals surface area contributed by atoms with Gasteiger partial charge in [-0.1, -0.05) is 30.8 Å². The SMILES string of the molecule is NC1(c2noc(-c3ncccc3Br)n2)CCCCCC1. The highest BCUT2D eigenvalue weighted by Gasteiger charge is 2.33. The Morgan fingerprint density at radius 1 is 1.20 bits per heavy atom. The summed E-state index contributed by atoms with van der Waals surface area (Å²) in [5.41, 5.74) is 6.69. The van der Waals surface area contributed by atoms with Crippen LogP contribution in [0, 0.1) is 0 Å². The molecule has 0 spiro atoms. The lowest BCUT2D eigenvalue weighted by molar-refractivity contribution is 0.334. The molecule has 0 amide bonds. The molecule has 20 heavy (non-hydrogen) atoms. The molecule has 0 bridgehead atoms. The standard InChI is InChI=1S/C14H17BrN4O/c15-10-6-5-9-17-11(10)12-18-13(19-20-12)14(16)7-3-1-2-4-8-14/h5-6,9H,1-4,7-8,16H2. The first kappa shape index (κ1) is 13.7. The Balaban J connectivity index is 1.92. The van der Waals surface area contributed by atoms with E-state index in [9.17, 15) is 0 Å². The number of hydrogen-bond donors (Lipinski definition) is 1. The highest BCUT2D eigenvalue weighted by atomic mass is 79.9. The lowest BCUT2D eigenvalue weighted by Gasteiger charge is -2.23. The van der Waals surface area contributed by atoms with Crippen LogP contribution in [0.5, 0.6) is 0 Å². The van der Waals surface area contributed by atoms with E-state index in [-0.39, 0.29) is 0 Å². The fraction of sp³-hybridized carbons (Fsp3) is 0.500. The minimum atomic E-state index is -0.459. The predicted molar refractivity (Wildman–Crippen MR) is 78.8 cm³/mol. The van der Waals surface area contributed by atoms with E-state index in [1.54, 1.807) is 6.20 Å². The number of nitrogens with zero attached hydrogens (tertiary/aromatic N) is 3. The van der Waals surface area contributed by atoms with Crippen molar-refractivity contribution in [3.05, 3.63) is 28.6 Å². The molecule has 2 aromatic rings. The van der Waals surface area contributed by atoms with Gasteiger partial charge in [-0.3, -0.25) is 0 Å². The summed E-state index contributed by atoms with van der Waals surface area (Å²) in [6, 6.07) is 3.75. The molecule has 2 heterocycles. The number of rotatable bonds is 2. The van der Waals surface area contributed by atoms with Crippen molar-refractivity contribution in [1.29, 1.82) is 0 Å². The van der Waals surface area contributed by atoms with Crippen LogP contribution in [0.25, 0.3) is 11.6 Å². The monoisotopic (exact) mass is 336 g/mol. The molecule has 6 heteroatoms. The topological polar surface area (TPSA) is 77.8 Å². The highest BCUT2D eigenvalue weighted by molar-refractivity contribution is 9.10. The highest BCUT2D eigenvalue weighted by Crippen LogP contribution is 2.33. The first-order valence-electron chi connectivity index (χ1n) is 6.93. The van der Waals surface area contributed by atoms with E-state index in [1.807, 2.05) is 12.1 Å². The number of aromatic nitrogens is 3. The average molecular weight is 337 g/mol. The van der Waals surface area contributed by atoms with Crippen molar-refractivity contribution in [3.8, 4) is 11.6 Å². The number of nitrogens with two attached hydrogens (primary N) is 1. The summed E-state index contributed by atoms with van der Waals surface area (Å²) < 4.78 is 6.19. The number of halogens is 1. The van der Waals surface area contributed by atoms with Gasteiger partial charge in [-0.2, -0.15) is 4.98 Å². The van der Waals surface area contributed by atoms with E-state index >= 15 is 0 Å². The lowest BCUT2D eigenvalue weighted by atomic mass is 9.91. The van der Waals surface area contributed by atoms with E-state index in [4.69, 9.17) is 10.3 Å². The van der Waals surface area contributed by atoms with Crippen LogP contribution in [0.4, 0.5) is 0 Å². The second-order valence-corrected chi connectivity index (χ2v) is 6.18. The van der Waals surface area contributed by atoms with Gasteiger partial charge in [0.15, 0.2) is 5.82 Å². The van der Waals surface area contributed by atoms with Crippen LogP contribution < -0.4 is 5.73 Å². The van der Waals surface area contributed by atoms with Crippen molar-refractivity contribution in [2.75, 3.05) is 0 Å². The van der Waals surface area contributed by atoms with Crippen LogP contribution in [-0.4, -0.2) is 15.1 Å². The Kier molecular flexibility index (Phi) is 3.85. The normalized spacial score (nSPS) is 18.7. The van der Waals surface area contributed by atoms with Crippen molar-refractivity contribution in [2.45, 2.75) is 44.1 Å². The van der Waals surface area contributed by atoms with Crippen LogP contribution >= 0.6 is 15.9 Å². The molecular weight excluding hydrogens is 320 g/mol. The van der Waals surface area contributed by atoms with Crippen molar-refractivity contribution in [3.63, 3.8) is 0 Å². The van der Waals surface area contributed by atoms with Gasteiger partial charge in [0.05, 0.1) is 5.54 Å². The zero-order chi connectivity index (χ0) is 14.0. The lowest BCUT2D eigenvalue weighted by Crippen LogP contribution is -2.37. The summed E-state index contributed by atoms with van der Waals surface area (Å²) in [4.78, 5) is 8.75. The van der Waals surface area contributed by atoms with Gasteiger partial charge in [0.25, 0.3) is 5.89 Å². The van der Waals surface area contributed by atoms with Gasteiger partial charge in [0, 0.05) is 10.7 Å². The van der Waals surface area contributed by atoms with Gasteiger partial charge < -0.3 is 10.3 Å². The fourth-order valence-electron chi connectivity index (χ4n) is 2.65. The molecule has 1 aliphatic carbocycles. The Morgan fingerprint density at radius 3 is 2.65 bits per heavy atom. The van der Waals surface area contributed by atoms with Crippen LogP contribution in [0.2, 0.25) is 0 Å². The molecule has 1 saturated carbocycles. The molecular formula is C14H17BrN4O.